The highest BCUT2D eigenvalue weighted by molar-refractivity contribution is 6.71. The van der Waals surface area contributed by atoms with Gasteiger partial charge in [-0.15, -0.1) is 0 Å². The average Bonchev–Trinajstić information content (AvgIpc) is 2.93. The Labute approximate surface area is 207 Å². The summed E-state index contributed by atoms with van der Waals surface area (Å²) in [5, 5.41) is 9.58. The van der Waals surface area contributed by atoms with Crippen molar-refractivity contribution in [1.29, 1.82) is 0 Å². The third kappa shape index (κ3) is 8.02. The molecule has 34 heavy (non-hydrogen) atoms. The van der Waals surface area contributed by atoms with Crippen molar-refractivity contribution in [3.8, 4) is 0 Å². The zero-order valence-electron chi connectivity index (χ0n) is 21.8. The minimum Gasteiger partial charge on any atom is -0.478 e. The molecular formula is C27H46O6Si. The number of aliphatic carboxylic acids is 1. The summed E-state index contributed by atoms with van der Waals surface area (Å²) in [6.07, 6.45) is 11.9. The molecule has 0 spiro atoms. The van der Waals surface area contributed by atoms with Crippen LogP contribution in [-0.2, 0) is 23.4 Å². The van der Waals surface area contributed by atoms with E-state index < -0.39 is 14.3 Å². The first-order valence-electron chi connectivity index (χ1n) is 13.4. The molecule has 194 valence electrons. The second-order valence-electron chi connectivity index (χ2n) is 11.2. The van der Waals surface area contributed by atoms with Crippen LogP contribution in [0.15, 0.2) is 23.8 Å². The van der Waals surface area contributed by atoms with Crippen LogP contribution in [-0.4, -0.2) is 57.2 Å². The quantitative estimate of drug-likeness (QED) is 0.218. The van der Waals surface area contributed by atoms with Gasteiger partial charge >= 0.3 is 5.97 Å². The molecule has 3 aliphatic rings. The zero-order valence-corrected chi connectivity index (χ0v) is 22.8. The van der Waals surface area contributed by atoms with E-state index in [4.69, 9.17) is 18.6 Å². The number of carbonyl (C=O) groups is 1. The van der Waals surface area contributed by atoms with E-state index in [9.17, 15) is 9.90 Å². The molecule has 7 heteroatoms. The van der Waals surface area contributed by atoms with Crippen molar-refractivity contribution in [2.24, 2.45) is 17.8 Å². The summed E-state index contributed by atoms with van der Waals surface area (Å²) in [6, 6.07) is 1.14. The van der Waals surface area contributed by atoms with Crippen LogP contribution in [0.1, 0.15) is 65.7 Å². The Bertz CT molecular complexity index is 712. The van der Waals surface area contributed by atoms with Gasteiger partial charge in [0.1, 0.15) is 0 Å². The van der Waals surface area contributed by atoms with E-state index in [2.05, 4.69) is 39.1 Å². The predicted octanol–water partition coefficient (Wildman–Crippen LogP) is 5.94. The van der Waals surface area contributed by atoms with Gasteiger partial charge in [-0.1, -0.05) is 39.3 Å². The number of fused-ring (bicyclic) bond motifs is 1. The summed E-state index contributed by atoms with van der Waals surface area (Å²) in [6.45, 7) is 12.6. The maximum atomic E-state index is 11.7. The van der Waals surface area contributed by atoms with Crippen LogP contribution in [0.3, 0.4) is 0 Å². The molecule has 2 heterocycles. The highest BCUT2D eigenvalue weighted by Crippen LogP contribution is 2.42. The molecule has 0 radical (unpaired) electrons. The second kappa shape index (κ2) is 12.8. The van der Waals surface area contributed by atoms with Gasteiger partial charge in [0, 0.05) is 37.0 Å². The van der Waals surface area contributed by atoms with E-state index >= 15 is 0 Å². The molecule has 3 rings (SSSR count). The molecule has 1 unspecified atom stereocenters. The highest BCUT2D eigenvalue weighted by Gasteiger charge is 2.46. The number of carboxylic acids is 1. The number of ether oxygens (including phenoxy) is 3. The summed E-state index contributed by atoms with van der Waals surface area (Å²) < 4.78 is 25.6. The Morgan fingerprint density at radius 1 is 1.29 bits per heavy atom. The number of hydrogen-bond acceptors (Lipinski definition) is 5. The van der Waals surface area contributed by atoms with E-state index in [0.29, 0.717) is 30.9 Å². The van der Waals surface area contributed by atoms with Gasteiger partial charge < -0.3 is 23.7 Å². The van der Waals surface area contributed by atoms with Crippen molar-refractivity contribution in [1.82, 2.24) is 0 Å². The van der Waals surface area contributed by atoms with Crippen LogP contribution >= 0.6 is 0 Å². The summed E-state index contributed by atoms with van der Waals surface area (Å²) in [7, 11) is -1.77. The number of hydrogen-bond donors (Lipinski definition) is 1. The Morgan fingerprint density at radius 3 is 2.74 bits per heavy atom. The first kappa shape index (κ1) is 27.6. The van der Waals surface area contributed by atoms with Crippen LogP contribution in [0.5, 0.6) is 0 Å². The number of carboxylic acid groups (broad SMARTS) is 1. The lowest BCUT2D eigenvalue weighted by molar-refractivity contribution is -0.197. The zero-order chi connectivity index (χ0) is 24.7. The molecule has 0 aromatic rings. The molecule has 6 nitrogen and oxygen atoms in total. The van der Waals surface area contributed by atoms with Crippen LogP contribution in [0.25, 0.3) is 0 Å². The van der Waals surface area contributed by atoms with Crippen molar-refractivity contribution < 1.29 is 28.5 Å². The van der Waals surface area contributed by atoms with Gasteiger partial charge in [-0.25, -0.2) is 4.79 Å². The molecule has 1 aliphatic carbocycles. The predicted molar refractivity (Wildman–Crippen MR) is 136 cm³/mol. The Hall–Kier alpha value is -0.993. The van der Waals surface area contributed by atoms with E-state index in [1.807, 2.05) is 13.0 Å². The SMILES string of the molecule is CCCC(=C[C@H]1CC=C[C@@H]2[C@@H](CO[Si](C)(C)CC(C)C)[C@H](OC3CCCCO3)C[C@@H]2O1)C(=O)O. The lowest BCUT2D eigenvalue weighted by Crippen LogP contribution is -2.38. The van der Waals surface area contributed by atoms with E-state index in [1.54, 1.807) is 0 Å². The van der Waals surface area contributed by atoms with Crippen LogP contribution in [0.2, 0.25) is 19.1 Å². The van der Waals surface area contributed by atoms with Crippen molar-refractivity contribution in [2.75, 3.05) is 13.2 Å². The van der Waals surface area contributed by atoms with Crippen molar-refractivity contribution >= 4 is 14.3 Å². The first-order valence-corrected chi connectivity index (χ1v) is 16.5. The standard InChI is InChI=1S/C27H46O6Si/c1-6-10-20(27(28)29)15-21-11-9-12-22-23(17-31-34(4,5)18-19(2)3)25(16-24(22)32-21)33-26-13-7-8-14-30-26/h9,12,15,19,21-26H,6-8,10-11,13-14,16-18H2,1-5H3,(H,28,29)/t21-,22-,23-,24+,25-,26?/m1/s1. The van der Waals surface area contributed by atoms with Gasteiger partial charge in [0.15, 0.2) is 14.6 Å². The van der Waals surface area contributed by atoms with Crippen LogP contribution in [0, 0.1) is 17.8 Å². The topological polar surface area (TPSA) is 74.2 Å². The average molecular weight is 495 g/mol. The summed E-state index contributed by atoms with van der Waals surface area (Å²) in [4.78, 5) is 11.7. The summed E-state index contributed by atoms with van der Waals surface area (Å²) >= 11 is 0. The van der Waals surface area contributed by atoms with Gasteiger partial charge in [-0.05, 0) is 63.2 Å². The lowest BCUT2D eigenvalue weighted by atomic mass is 9.94. The maximum Gasteiger partial charge on any atom is 0.331 e. The number of rotatable bonds is 11. The summed E-state index contributed by atoms with van der Waals surface area (Å²) in [5.74, 6) is 0.195. The van der Waals surface area contributed by atoms with Crippen molar-refractivity contribution in [3.05, 3.63) is 23.8 Å². The fraction of sp³-hybridized carbons (Fsp3) is 0.815. The van der Waals surface area contributed by atoms with Gasteiger partial charge in [-0.3, -0.25) is 0 Å². The third-order valence-corrected chi connectivity index (χ3v) is 9.90. The molecule has 0 aromatic heterocycles. The molecule has 2 aliphatic heterocycles. The molecule has 0 amide bonds. The fourth-order valence-corrected chi connectivity index (χ4v) is 8.49. The minimum atomic E-state index is -1.77. The van der Waals surface area contributed by atoms with Gasteiger partial charge in [0.2, 0.25) is 0 Å². The van der Waals surface area contributed by atoms with Crippen LogP contribution < -0.4 is 0 Å². The molecule has 0 bridgehead atoms. The monoisotopic (exact) mass is 494 g/mol. The lowest BCUT2D eigenvalue weighted by Gasteiger charge is -2.32. The molecule has 6 atom stereocenters. The Balaban J connectivity index is 1.74. The molecular weight excluding hydrogens is 448 g/mol. The fourth-order valence-electron chi connectivity index (χ4n) is 5.76. The van der Waals surface area contributed by atoms with E-state index in [0.717, 1.165) is 44.8 Å². The maximum absolute atomic E-state index is 11.7. The third-order valence-electron chi connectivity index (χ3n) is 7.15. The van der Waals surface area contributed by atoms with Crippen molar-refractivity contribution in [3.63, 3.8) is 0 Å². The van der Waals surface area contributed by atoms with Crippen LogP contribution in [0.4, 0.5) is 0 Å². The van der Waals surface area contributed by atoms with E-state index in [-0.39, 0.29) is 36.4 Å². The van der Waals surface area contributed by atoms with Gasteiger partial charge in [-0.2, -0.15) is 0 Å². The largest absolute Gasteiger partial charge is 0.478 e. The molecule has 2 fully saturated rings. The minimum absolute atomic E-state index is 0.00580. The van der Waals surface area contributed by atoms with Crippen molar-refractivity contribution in [2.45, 2.75) is 109 Å². The normalized spacial score (nSPS) is 32.6. The Kier molecular flexibility index (Phi) is 10.4. The van der Waals surface area contributed by atoms with Gasteiger partial charge in [0.25, 0.3) is 0 Å². The second-order valence-corrected chi connectivity index (χ2v) is 15.5. The Morgan fingerprint density at radius 2 is 2.09 bits per heavy atom. The summed E-state index contributed by atoms with van der Waals surface area (Å²) in [5.41, 5.74) is 0.446. The highest BCUT2D eigenvalue weighted by atomic mass is 28.4. The molecule has 1 saturated carbocycles. The van der Waals surface area contributed by atoms with E-state index in [1.165, 1.54) is 0 Å². The molecule has 1 N–H and O–H groups in total. The smallest absolute Gasteiger partial charge is 0.331 e. The first-order chi connectivity index (χ1) is 16.2. The molecule has 1 saturated heterocycles. The van der Waals surface area contributed by atoms with Gasteiger partial charge in [0.05, 0.1) is 18.3 Å². The molecule has 0 aromatic carbocycles.